The van der Waals surface area contributed by atoms with Gasteiger partial charge in [-0.15, -0.1) is 5.10 Å². The van der Waals surface area contributed by atoms with Gasteiger partial charge in [-0.2, -0.15) is 0 Å². The third kappa shape index (κ3) is 3.40. The van der Waals surface area contributed by atoms with Crippen LogP contribution in [0.2, 0.25) is 0 Å². The van der Waals surface area contributed by atoms with E-state index in [0.717, 1.165) is 5.82 Å². The summed E-state index contributed by atoms with van der Waals surface area (Å²) in [6.07, 6.45) is 0.999. The quantitative estimate of drug-likeness (QED) is 0.676. The fraction of sp³-hybridized carbons (Fsp3) is 0.389. The molecule has 0 N–H and O–H groups in total. The van der Waals surface area contributed by atoms with E-state index in [1.54, 1.807) is 18.7 Å². The standard InChI is InChI=1S/C18H21N7O2/c1-13(27-14-6-4-3-5-7-14)18(26)25-10-8-24(9-11-25)17-15-16(19-12-20-17)23(2)22-21-15/h3-7,12-13H,8-11H2,1-2H3. The molecular formula is C18H21N7O2. The van der Waals surface area contributed by atoms with Crippen LogP contribution in [-0.4, -0.2) is 68.1 Å². The number of carbonyl (C=O) groups excluding carboxylic acids is 1. The van der Waals surface area contributed by atoms with Crippen LogP contribution in [0.15, 0.2) is 36.7 Å². The van der Waals surface area contributed by atoms with E-state index in [-0.39, 0.29) is 5.91 Å². The second kappa shape index (κ2) is 7.18. The van der Waals surface area contributed by atoms with E-state index in [2.05, 4.69) is 25.2 Å². The minimum absolute atomic E-state index is 0.00848. The van der Waals surface area contributed by atoms with E-state index in [1.807, 2.05) is 35.2 Å². The normalized spacial score (nSPS) is 15.8. The molecule has 0 bridgehead atoms. The maximum absolute atomic E-state index is 12.7. The average molecular weight is 367 g/mol. The average Bonchev–Trinajstić information content (AvgIpc) is 3.09. The number of aromatic nitrogens is 5. The Morgan fingerprint density at radius 2 is 1.85 bits per heavy atom. The van der Waals surface area contributed by atoms with Gasteiger partial charge in [0.1, 0.15) is 12.1 Å². The molecule has 1 aromatic carbocycles. The van der Waals surface area contributed by atoms with Crippen molar-refractivity contribution in [2.24, 2.45) is 7.05 Å². The molecule has 0 saturated carbocycles. The van der Waals surface area contributed by atoms with Crippen molar-refractivity contribution in [2.45, 2.75) is 13.0 Å². The molecule has 1 aliphatic rings. The summed E-state index contributed by atoms with van der Waals surface area (Å²) in [6, 6.07) is 9.40. The van der Waals surface area contributed by atoms with Crippen LogP contribution >= 0.6 is 0 Å². The number of aryl methyl sites for hydroxylation is 1. The maximum Gasteiger partial charge on any atom is 0.263 e. The number of ether oxygens (including phenoxy) is 1. The smallest absolute Gasteiger partial charge is 0.263 e. The molecule has 1 atom stereocenters. The third-order valence-corrected chi connectivity index (χ3v) is 4.66. The van der Waals surface area contributed by atoms with Crippen molar-refractivity contribution in [1.29, 1.82) is 0 Å². The van der Waals surface area contributed by atoms with E-state index in [9.17, 15) is 4.79 Å². The molecule has 0 radical (unpaired) electrons. The minimum atomic E-state index is -0.523. The van der Waals surface area contributed by atoms with Gasteiger partial charge in [-0.25, -0.2) is 14.6 Å². The molecule has 140 valence electrons. The largest absolute Gasteiger partial charge is 0.481 e. The summed E-state index contributed by atoms with van der Waals surface area (Å²) in [7, 11) is 1.80. The predicted octanol–water partition coefficient (Wildman–Crippen LogP) is 0.874. The van der Waals surface area contributed by atoms with Crippen molar-refractivity contribution in [2.75, 3.05) is 31.1 Å². The summed E-state index contributed by atoms with van der Waals surface area (Å²) >= 11 is 0. The van der Waals surface area contributed by atoms with Gasteiger partial charge in [0.05, 0.1) is 0 Å². The van der Waals surface area contributed by atoms with Gasteiger partial charge in [0.15, 0.2) is 23.1 Å². The number of para-hydroxylation sites is 1. The van der Waals surface area contributed by atoms with Crippen molar-refractivity contribution >= 4 is 22.9 Å². The molecule has 1 fully saturated rings. The molecule has 1 saturated heterocycles. The molecule has 27 heavy (non-hydrogen) atoms. The number of anilines is 1. The van der Waals surface area contributed by atoms with Gasteiger partial charge < -0.3 is 14.5 Å². The summed E-state index contributed by atoms with van der Waals surface area (Å²) in [5.41, 5.74) is 1.38. The number of benzene rings is 1. The van der Waals surface area contributed by atoms with Crippen LogP contribution in [0, 0.1) is 0 Å². The molecule has 1 aliphatic heterocycles. The van der Waals surface area contributed by atoms with E-state index < -0.39 is 6.10 Å². The van der Waals surface area contributed by atoms with Crippen LogP contribution in [0.1, 0.15) is 6.92 Å². The van der Waals surface area contributed by atoms with Crippen molar-refractivity contribution in [1.82, 2.24) is 29.9 Å². The van der Waals surface area contributed by atoms with Crippen molar-refractivity contribution in [3.8, 4) is 5.75 Å². The molecule has 3 aromatic rings. The number of piperazine rings is 1. The summed E-state index contributed by atoms with van der Waals surface area (Å²) in [6.45, 7) is 4.34. The first-order valence-corrected chi connectivity index (χ1v) is 8.89. The van der Waals surface area contributed by atoms with Crippen LogP contribution in [0.4, 0.5) is 5.82 Å². The first-order chi connectivity index (χ1) is 13.1. The number of amides is 1. The molecule has 9 nitrogen and oxygen atoms in total. The molecule has 0 spiro atoms. The number of hydrogen-bond acceptors (Lipinski definition) is 7. The van der Waals surface area contributed by atoms with E-state index in [1.165, 1.54) is 6.33 Å². The number of fused-ring (bicyclic) bond motifs is 1. The van der Waals surface area contributed by atoms with Gasteiger partial charge in [0, 0.05) is 33.2 Å². The molecule has 1 unspecified atom stereocenters. The second-order valence-corrected chi connectivity index (χ2v) is 6.47. The topological polar surface area (TPSA) is 89.3 Å². The molecule has 3 heterocycles. The summed E-state index contributed by atoms with van der Waals surface area (Å²) in [4.78, 5) is 25.2. The van der Waals surface area contributed by atoms with Gasteiger partial charge >= 0.3 is 0 Å². The van der Waals surface area contributed by atoms with Crippen LogP contribution in [0.3, 0.4) is 0 Å². The Balaban J connectivity index is 1.40. The molecule has 9 heteroatoms. The zero-order chi connectivity index (χ0) is 18.8. The van der Waals surface area contributed by atoms with Gasteiger partial charge in [0.25, 0.3) is 5.91 Å². The highest BCUT2D eigenvalue weighted by Gasteiger charge is 2.27. The molecular weight excluding hydrogens is 346 g/mol. The summed E-state index contributed by atoms with van der Waals surface area (Å²) < 4.78 is 7.38. The van der Waals surface area contributed by atoms with Crippen molar-refractivity contribution < 1.29 is 9.53 Å². The lowest BCUT2D eigenvalue weighted by molar-refractivity contribution is -0.138. The zero-order valence-electron chi connectivity index (χ0n) is 15.3. The Morgan fingerprint density at radius 3 is 2.59 bits per heavy atom. The highest BCUT2D eigenvalue weighted by molar-refractivity contribution is 5.83. The van der Waals surface area contributed by atoms with Gasteiger partial charge in [-0.3, -0.25) is 4.79 Å². The van der Waals surface area contributed by atoms with Crippen LogP contribution in [0.5, 0.6) is 5.75 Å². The molecule has 1 amide bonds. The maximum atomic E-state index is 12.7. The Hall–Kier alpha value is -3.23. The van der Waals surface area contributed by atoms with Crippen molar-refractivity contribution in [3.05, 3.63) is 36.7 Å². The van der Waals surface area contributed by atoms with Crippen LogP contribution < -0.4 is 9.64 Å². The number of rotatable bonds is 4. The fourth-order valence-corrected chi connectivity index (χ4v) is 3.22. The monoisotopic (exact) mass is 367 g/mol. The first-order valence-electron chi connectivity index (χ1n) is 8.89. The van der Waals surface area contributed by atoms with Crippen LogP contribution in [0.25, 0.3) is 11.2 Å². The van der Waals surface area contributed by atoms with Gasteiger partial charge in [-0.05, 0) is 19.1 Å². The zero-order valence-corrected chi connectivity index (χ0v) is 15.3. The number of hydrogen-bond donors (Lipinski definition) is 0. The Kier molecular flexibility index (Phi) is 4.57. The number of nitrogens with zero attached hydrogens (tertiary/aromatic N) is 7. The Bertz CT molecular complexity index is 935. The van der Waals surface area contributed by atoms with Gasteiger partial charge in [0.2, 0.25) is 0 Å². The molecule has 0 aliphatic carbocycles. The number of carbonyl (C=O) groups is 1. The third-order valence-electron chi connectivity index (χ3n) is 4.66. The summed E-state index contributed by atoms with van der Waals surface area (Å²) in [5, 5.41) is 8.18. The SMILES string of the molecule is CC(Oc1ccccc1)C(=O)N1CCN(c2ncnc3c2nnn3C)CC1. The highest BCUT2D eigenvalue weighted by atomic mass is 16.5. The fourth-order valence-electron chi connectivity index (χ4n) is 3.22. The van der Waals surface area contributed by atoms with Crippen molar-refractivity contribution in [3.63, 3.8) is 0 Å². The van der Waals surface area contributed by atoms with E-state index in [0.29, 0.717) is 43.1 Å². The first kappa shape index (κ1) is 17.2. The second-order valence-electron chi connectivity index (χ2n) is 6.47. The van der Waals surface area contributed by atoms with E-state index in [4.69, 9.17) is 4.74 Å². The molecule has 4 rings (SSSR count). The minimum Gasteiger partial charge on any atom is -0.481 e. The lowest BCUT2D eigenvalue weighted by Crippen LogP contribution is -2.52. The van der Waals surface area contributed by atoms with E-state index >= 15 is 0 Å². The Morgan fingerprint density at radius 1 is 1.11 bits per heavy atom. The predicted molar refractivity (Wildman–Crippen MR) is 99.4 cm³/mol. The molecule has 2 aromatic heterocycles. The van der Waals surface area contributed by atoms with Crippen LogP contribution in [-0.2, 0) is 11.8 Å². The highest BCUT2D eigenvalue weighted by Crippen LogP contribution is 2.21. The Labute approximate surface area is 156 Å². The van der Waals surface area contributed by atoms with Gasteiger partial charge in [-0.1, -0.05) is 23.4 Å². The lowest BCUT2D eigenvalue weighted by atomic mass is 10.2. The lowest BCUT2D eigenvalue weighted by Gasteiger charge is -2.36. The summed E-state index contributed by atoms with van der Waals surface area (Å²) in [5.74, 6) is 1.45.